The normalized spacial score (nSPS) is 11.3. The van der Waals surface area contributed by atoms with Crippen molar-refractivity contribution in [3.63, 3.8) is 0 Å². The summed E-state index contributed by atoms with van der Waals surface area (Å²) in [5, 5.41) is 2.88. The Bertz CT molecular complexity index is 966. The van der Waals surface area contributed by atoms with E-state index in [1.807, 2.05) is 41.7 Å². The second kappa shape index (κ2) is 4.99. The fourth-order valence-electron chi connectivity index (χ4n) is 2.53. The van der Waals surface area contributed by atoms with Gasteiger partial charge in [0.1, 0.15) is 10.6 Å². The van der Waals surface area contributed by atoms with E-state index in [1.165, 1.54) is 11.3 Å². The molecule has 0 saturated heterocycles. The molecule has 1 amide bonds. The van der Waals surface area contributed by atoms with E-state index in [-0.39, 0.29) is 5.91 Å². The van der Waals surface area contributed by atoms with Crippen molar-refractivity contribution in [3.05, 3.63) is 59.0 Å². The predicted molar refractivity (Wildman–Crippen MR) is 85.2 cm³/mol. The standard InChI is InChI=1S/C16H13N3O2S/c1-10-14(15(20)17-9-11-5-4-8-21-11)22-16-18-12-6-2-3-7-13(12)19(10)16/h2-8H,9H2,1H3,(H,17,20). The third kappa shape index (κ3) is 2.00. The summed E-state index contributed by atoms with van der Waals surface area (Å²) >= 11 is 1.40. The summed E-state index contributed by atoms with van der Waals surface area (Å²) in [6.45, 7) is 2.33. The molecule has 6 heteroatoms. The van der Waals surface area contributed by atoms with Crippen LogP contribution in [-0.4, -0.2) is 15.3 Å². The van der Waals surface area contributed by atoms with Crippen molar-refractivity contribution in [1.29, 1.82) is 0 Å². The van der Waals surface area contributed by atoms with Gasteiger partial charge < -0.3 is 9.73 Å². The Hall–Kier alpha value is -2.60. The minimum absolute atomic E-state index is 0.103. The van der Waals surface area contributed by atoms with E-state index in [1.54, 1.807) is 12.3 Å². The first-order valence-electron chi connectivity index (χ1n) is 6.91. The molecule has 0 aliphatic heterocycles. The lowest BCUT2D eigenvalue weighted by Gasteiger charge is -2.02. The van der Waals surface area contributed by atoms with Crippen LogP contribution in [0.4, 0.5) is 0 Å². The maximum Gasteiger partial charge on any atom is 0.263 e. The molecule has 0 saturated carbocycles. The van der Waals surface area contributed by atoms with Gasteiger partial charge in [-0.2, -0.15) is 0 Å². The van der Waals surface area contributed by atoms with Crippen molar-refractivity contribution < 1.29 is 9.21 Å². The summed E-state index contributed by atoms with van der Waals surface area (Å²) in [6, 6.07) is 11.6. The molecule has 0 aliphatic rings. The Morgan fingerprint density at radius 2 is 2.18 bits per heavy atom. The van der Waals surface area contributed by atoms with Gasteiger partial charge in [0.25, 0.3) is 5.91 Å². The van der Waals surface area contributed by atoms with Gasteiger partial charge in [0.2, 0.25) is 0 Å². The van der Waals surface area contributed by atoms with Crippen LogP contribution in [0.5, 0.6) is 0 Å². The van der Waals surface area contributed by atoms with Gasteiger partial charge in [-0.15, -0.1) is 0 Å². The van der Waals surface area contributed by atoms with E-state index in [9.17, 15) is 4.79 Å². The number of hydrogen-bond donors (Lipinski definition) is 1. The molecular formula is C16H13N3O2S. The van der Waals surface area contributed by atoms with Crippen molar-refractivity contribution in [3.8, 4) is 0 Å². The molecule has 5 nitrogen and oxygen atoms in total. The zero-order valence-electron chi connectivity index (χ0n) is 11.9. The zero-order chi connectivity index (χ0) is 15.1. The second-order valence-corrected chi connectivity index (χ2v) is 5.97. The average molecular weight is 311 g/mol. The maximum absolute atomic E-state index is 12.4. The number of imidazole rings is 1. The monoisotopic (exact) mass is 311 g/mol. The van der Waals surface area contributed by atoms with E-state index in [0.717, 1.165) is 27.4 Å². The third-order valence-electron chi connectivity index (χ3n) is 3.60. The topological polar surface area (TPSA) is 59.5 Å². The lowest BCUT2D eigenvalue weighted by atomic mass is 10.3. The van der Waals surface area contributed by atoms with Crippen LogP contribution >= 0.6 is 11.3 Å². The van der Waals surface area contributed by atoms with Gasteiger partial charge in [-0.25, -0.2) is 4.98 Å². The lowest BCUT2D eigenvalue weighted by Crippen LogP contribution is -2.22. The highest BCUT2D eigenvalue weighted by Gasteiger charge is 2.18. The van der Waals surface area contributed by atoms with Crippen LogP contribution in [-0.2, 0) is 6.54 Å². The molecule has 0 fully saturated rings. The fourth-order valence-corrected chi connectivity index (χ4v) is 3.59. The van der Waals surface area contributed by atoms with Crippen LogP contribution in [0.25, 0.3) is 16.0 Å². The number of para-hydroxylation sites is 2. The average Bonchev–Trinajstić information content (AvgIpc) is 3.21. The molecule has 0 aliphatic carbocycles. The Kier molecular flexibility index (Phi) is 2.97. The van der Waals surface area contributed by atoms with Crippen molar-refractivity contribution in [2.75, 3.05) is 0 Å². The predicted octanol–water partition coefficient (Wildman–Crippen LogP) is 3.38. The highest BCUT2D eigenvalue weighted by Crippen LogP contribution is 2.27. The van der Waals surface area contributed by atoms with Gasteiger partial charge in [-0.3, -0.25) is 9.20 Å². The Labute approximate surface area is 130 Å². The number of thiazole rings is 1. The molecule has 3 heterocycles. The largest absolute Gasteiger partial charge is 0.467 e. The summed E-state index contributed by atoms with van der Waals surface area (Å²) in [5.41, 5.74) is 2.88. The number of fused-ring (bicyclic) bond motifs is 3. The van der Waals surface area contributed by atoms with E-state index in [4.69, 9.17) is 4.42 Å². The quantitative estimate of drug-likeness (QED) is 0.631. The number of carbonyl (C=O) groups is 1. The van der Waals surface area contributed by atoms with Gasteiger partial charge in [0, 0.05) is 5.69 Å². The van der Waals surface area contributed by atoms with Crippen LogP contribution < -0.4 is 5.32 Å². The number of aryl methyl sites for hydroxylation is 1. The summed E-state index contributed by atoms with van der Waals surface area (Å²) in [7, 11) is 0. The van der Waals surface area contributed by atoms with Crippen LogP contribution in [0.3, 0.4) is 0 Å². The Morgan fingerprint density at radius 3 is 3.00 bits per heavy atom. The first-order valence-corrected chi connectivity index (χ1v) is 7.73. The number of nitrogens with zero attached hydrogens (tertiary/aromatic N) is 2. The van der Waals surface area contributed by atoms with E-state index in [2.05, 4.69) is 10.3 Å². The number of benzene rings is 1. The van der Waals surface area contributed by atoms with E-state index in [0.29, 0.717) is 11.4 Å². The van der Waals surface area contributed by atoms with Gasteiger partial charge in [0.05, 0.1) is 23.8 Å². The smallest absolute Gasteiger partial charge is 0.263 e. The van der Waals surface area contributed by atoms with Crippen LogP contribution in [0.1, 0.15) is 21.1 Å². The molecule has 4 aromatic rings. The fraction of sp³-hybridized carbons (Fsp3) is 0.125. The highest BCUT2D eigenvalue weighted by atomic mass is 32.1. The summed E-state index contributed by atoms with van der Waals surface area (Å²) in [6.07, 6.45) is 1.60. The summed E-state index contributed by atoms with van der Waals surface area (Å²) in [4.78, 5) is 18.5. The Balaban J connectivity index is 1.69. The van der Waals surface area contributed by atoms with Crippen LogP contribution in [0.15, 0.2) is 47.1 Å². The molecule has 0 radical (unpaired) electrons. The Morgan fingerprint density at radius 1 is 1.32 bits per heavy atom. The molecule has 110 valence electrons. The minimum atomic E-state index is -0.103. The highest BCUT2D eigenvalue weighted by molar-refractivity contribution is 7.19. The maximum atomic E-state index is 12.4. The van der Waals surface area contributed by atoms with Gasteiger partial charge in [-0.05, 0) is 31.2 Å². The lowest BCUT2D eigenvalue weighted by molar-refractivity contribution is 0.0951. The van der Waals surface area contributed by atoms with Gasteiger partial charge in [-0.1, -0.05) is 23.5 Å². The number of hydrogen-bond acceptors (Lipinski definition) is 4. The first-order chi connectivity index (χ1) is 10.7. The van der Waals surface area contributed by atoms with Crippen molar-refractivity contribution in [2.24, 2.45) is 0 Å². The number of carbonyl (C=O) groups excluding carboxylic acids is 1. The van der Waals surface area contributed by atoms with E-state index < -0.39 is 0 Å². The van der Waals surface area contributed by atoms with Crippen molar-refractivity contribution in [2.45, 2.75) is 13.5 Å². The summed E-state index contributed by atoms with van der Waals surface area (Å²) in [5.74, 6) is 0.631. The molecule has 0 atom stereocenters. The second-order valence-electron chi connectivity index (χ2n) is 5.00. The SMILES string of the molecule is Cc1c(C(=O)NCc2ccco2)sc2nc3ccccc3n12. The van der Waals surface area contributed by atoms with E-state index >= 15 is 0 Å². The minimum Gasteiger partial charge on any atom is -0.467 e. The number of aromatic nitrogens is 2. The molecule has 1 aromatic carbocycles. The number of furan rings is 1. The molecule has 1 N–H and O–H groups in total. The van der Waals surface area contributed by atoms with Crippen molar-refractivity contribution in [1.82, 2.24) is 14.7 Å². The van der Waals surface area contributed by atoms with Gasteiger partial charge in [0.15, 0.2) is 4.96 Å². The molecule has 4 rings (SSSR count). The number of nitrogens with one attached hydrogen (secondary N) is 1. The van der Waals surface area contributed by atoms with Crippen molar-refractivity contribution >= 4 is 33.2 Å². The molecule has 22 heavy (non-hydrogen) atoms. The van der Waals surface area contributed by atoms with Crippen LogP contribution in [0, 0.1) is 6.92 Å². The molecule has 0 spiro atoms. The third-order valence-corrected chi connectivity index (χ3v) is 4.74. The molecule has 0 bridgehead atoms. The first kappa shape index (κ1) is 13.1. The van der Waals surface area contributed by atoms with Crippen LogP contribution in [0.2, 0.25) is 0 Å². The van der Waals surface area contributed by atoms with Gasteiger partial charge >= 0.3 is 0 Å². The molecule has 0 unspecified atom stereocenters. The zero-order valence-corrected chi connectivity index (χ0v) is 12.7. The molecular weight excluding hydrogens is 298 g/mol. The number of amides is 1. The number of rotatable bonds is 3. The molecule has 3 aromatic heterocycles. The summed E-state index contributed by atoms with van der Waals surface area (Å²) < 4.78 is 7.25.